The van der Waals surface area contributed by atoms with Gasteiger partial charge in [-0.15, -0.1) is 11.3 Å². The van der Waals surface area contributed by atoms with Crippen LogP contribution in [0.25, 0.3) is 10.2 Å². The van der Waals surface area contributed by atoms with E-state index in [2.05, 4.69) is 4.98 Å². The van der Waals surface area contributed by atoms with E-state index < -0.39 is 12.0 Å². The molecule has 32 heavy (non-hydrogen) atoms. The second-order valence-corrected chi connectivity index (χ2v) is 8.35. The zero-order valence-electron chi connectivity index (χ0n) is 18.0. The average Bonchev–Trinajstić information content (AvgIpc) is 3.22. The Morgan fingerprint density at radius 3 is 2.44 bits per heavy atom. The molecule has 6 nitrogen and oxygen atoms in total. The maximum Gasteiger partial charge on any atom is 0.421 e. The molecule has 0 spiro atoms. The molecule has 0 saturated heterocycles. The van der Waals surface area contributed by atoms with Gasteiger partial charge in [-0.25, -0.2) is 14.7 Å². The number of imide groups is 1. The van der Waals surface area contributed by atoms with Gasteiger partial charge in [0.25, 0.3) is 5.91 Å². The number of rotatable bonds is 5. The predicted molar refractivity (Wildman–Crippen MR) is 126 cm³/mol. The lowest BCUT2D eigenvalue weighted by atomic mass is 10.1. The van der Waals surface area contributed by atoms with Gasteiger partial charge in [-0.3, -0.25) is 4.79 Å². The molecule has 2 amide bonds. The SMILES string of the molecule is COC(=O)N(C(=O)c1ccccc1C)c1ccc(OCc2nc3ccccc3s2)cc1C. The van der Waals surface area contributed by atoms with Gasteiger partial charge in [0.05, 0.1) is 23.0 Å². The van der Waals surface area contributed by atoms with Gasteiger partial charge in [0.15, 0.2) is 0 Å². The molecule has 7 heteroatoms. The van der Waals surface area contributed by atoms with Crippen molar-refractivity contribution in [2.45, 2.75) is 20.5 Å². The molecule has 0 aliphatic carbocycles. The second-order valence-electron chi connectivity index (χ2n) is 7.24. The Morgan fingerprint density at radius 2 is 1.72 bits per heavy atom. The Kier molecular flexibility index (Phi) is 6.18. The van der Waals surface area contributed by atoms with Crippen LogP contribution in [0.5, 0.6) is 5.75 Å². The number of fused-ring (bicyclic) bond motifs is 1. The quantitative estimate of drug-likeness (QED) is 0.381. The lowest BCUT2D eigenvalue weighted by Crippen LogP contribution is -2.37. The molecule has 0 N–H and O–H groups in total. The van der Waals surface area contributed by atoms with Crippen molar-refractivity contribution in [2.24, 2.45) is 0 Å². The topological polar surface area (TPSA) is 68.7 Å². The molecule has 162 valence electrons. The number of anilines is 1. The third kappa shape index (κ3) is 4.33. The maximum absolute atomic E-state index is 13.2. The predicted octanol–water partition coefficient (Wildman–Crippen LogP) is 5.91. The van der Waals surface area contributed by atoms with Crippen LogP contribution >= 0.6 is 11.3 Å². The first kappa shape index (κ1) is 21.5. The molecule has 1 heterocycles. The molecule has 0 saturated carbocycles. The van der Waals surface area contributed by atoms with Gasteiger partial charge in [-0.1, -0.05) is 30.3 Å². The first-order valence-corrected chi connectivity index (χ1v) is 10.9. The Labute approximate surface area is 190 Å². The molecule has 0 aliphatic heterocycles. The van der Waals surface area contributed by atoms with E-state index in [0.717, 1.165) is 25.7 Å². The highest BCUT2D eigenvalue weighted by molar-refractivity contribution is 7.18. The Hall–Kier alpha value is -3.71. The molecule has 4 aromatic rings. The number of aryl methyl sites for hydroxylation is 2. The minimum atomic E-state index is -0.746. The zero-order valence-corrected chi connectivity index (χ0v) is 18.8. The van der Waals surface area contributed by atoms with Crippen LogP contribution in [0.4, 0.5) is 10.5 Å². The smallest absolute Gasteiger partial charge is 0.421 e. The fourth-order valence-corrected chi connectivity index (χ4v) is 4.29. The lowest BCUT2D eigenvalue weighted by Gasteiger charge is -2.22. The summed E-state index contributed by atoms with van der Waals surface area (Å²) < 4.78 is 11.9. The highest BCUT2D eigenvalue weighted by Gasteiger charge is 2.28. The van der Waals surface area contributed by atoms with Gasteiger partial charge in [-0.05, 0) is 61.4 Å². The van der Waals surface area contributed by atoms with Crippen molar-refractivity contribution in [3.63, 3.8) is 0 Å². The number of para-hydroxylation sites is 1. The highest BCUT2D eigenvalue weighted by atomic mass is 32.1. The number of thiazole rings is 1. The number of hydrogen-bond donors (Lipinski definition) is 0. The van der Waals surface area contributed by atoms with E-state index >= 15 is 0 Å². The number of carbonyl (C=O) groups excluding carboxylic acids is 2. The van der Waals surface area contributed by atoms with E-state index in [0.29, 0.717) is 29.2 Å². The Bertz CT molecular complexity index is 1270. The summed E-state index contributed by atoms with van der Waals surface area (Å²) in [5.74, 6) is 0.180. The number of methoxy groups -OCH3 is 1. The van der Waals surface area contributed by atoms with Crippen molar-refractivity contribution in [1.29, 1.82) is 0 Å². The minimum Gasteiger partial charge on any atom is -0.486 e. The highest BCUT2D eigenvalue weighted by Crippen LogP contribution is 2.29. The number of amides is 2. The summed E-state index contributed by atoms with van der Waals surface area (Å²) in [7, 11) is 1.26. The van der Waals surface area contributed by atoms with Crippen LogP contribution in [0, 0.1) is 13.8 Å². The molecule has 0 aliphatic rings. The first-order chi connectivity index (χ1) is 15.5. The summed E-state index contributed by atoms with van der Waals surface area (Å²) in [5, 5.41) is 0.874. The van der Waals surface area contributed by atoms with Crippen LogP contribution in [-0.2, 0) is 11.3 Å². The normalized spacial score (nSPS) is 10.7. The van der Waals surface area contributed by atoms with Crippen LogP contribution in [0.1, 0.15) is 26.5 Å². The van der Waals surface area contributed by atoms with Crippen LogP contribution in [0.2, 0.25) is 0 Å². The fraction of sp³-hybridized carbons (Fsp3) is 0.160. The molecule has 0 bridgehead atoms. The third-order valence-electron chi connectivity index (χ3n) is 5.05. The molecule has 0 unspecified atom stereocenters. The first-order valence-electron chi connectivity index (χ1n) is 10.0. The monoisotopic (exact) mass is 446 g/mol. The summed E-state index contributed by atoms with van der Waals surface area (Å²) in [5.41, 5.74) is 3.32. The number of nitrogens with zero attached hydrogens (tertiary/aromatic N) is 2. The summed E-state index contributed by atoms with van der Waals surface area (Å²) in [6.45, 7) is 3.98. The summed E-state index contributed by atoms with van der Waals surface area (Å²) in [6.07, 6.45) is -0.746. The van der Waals surface area contributed by atoms with Gasteiger partial charge < -0.3 is 9.47 Å². The van der Waals surface area contributed by atoms with Crippen molar-refractivity contribution >= 4 is 39.2 Å². The van der Waals surface area contributed by atoms with E-state index in [4.69, 9.17) is 9.47 Å². The Morgan fingerprint density at radius 1 is 0.969 bits per heavy atom. The fourth-order valence-electron chi connectivity index (χ4n) is 3.41. The van der Waals surface area contributed by atoms with Crippen molar-refractivity contribution in [3.8, 4) is 5.75 Å². The van der Waals surface area contributed by atoms with Crippen LogP contribution < -0.4 is 9.64 Å². The molecule has 4 rings (SSSR count). The molecule has 0 atom stereocenters. The van der Waals surface area contributed by atoms with Gasteiger partial charge >= 0.3 is 6.09 Å². The molecular formula is C25H22N2O4S. The van der Waals surface area contributed by atoms with E-state index in [1.165, 1.54) is 7.11 Å². The molecule has 1 aromatic heterocycles. The third-order valence-corrected chi connectivity index (χ3v) is 6.06. The van der Waals surface area contributed by atoms with Crippen molar-refractivity contribution < 1.29 is 19.1 Å². The standard InChI is InChI=1S/C25H22N2O4S/c1-16-8-4-5-9-19(16)24(28)27(25(29)30-3)21-13-12-18(14-17(21)2)31-15-23-26-20-10-6-7-11-22(20)32-23/h4-14H,15H2,1-3H3. The largest absolute Gasteiger partial charge is 0.486 e. The van der Waals surface area contributed by atoms with Gasteiger partial charge in [-0.2, -0.15) is 0 Å². The van der Waals surface area contributed by atoms with Crippen LogP contribution in [0.3, 0.4) is 0 Å². The Balaban J connectivity index is 1.57. The molecule has 3 aromatic carbocycles. The molecule has 0 fully saturated rings. The van der Waals surface area contributed by atoms with Gasteiger partial charge in [0, 0.05) is 5.56 Å². The van der Waals surface area contributed by atoms with Gasteiger partial charge in [0.1, 0.15) is 17.4 Å². The second kappa shape index (κ2) is 9.20. The number of benzene rings is 3. The molecule has 0 radical (unpaired) electrons. The van der Waals surface area contributed by atoms with Crippen LogP contribution in [0.15, 0.2) is 66.7 Å². The number of ether oxygens (including phenoxy) is 2. The number of carbonyl (C=O) groups is 2. The van der Waals surface area contributed by atoms with Crippen LogP contribution in [-0.4, -0.2) is 24.1 Å². The minimum absolute atomic E-state index is 0.334. The van der Waals surface area contributed by atoms with Gasteiger partial charge in [0.2, 0.25) is 0 Å². The average molecular weight is 447 g/mol. The van der Waals surface area contributed by atoms with E-state index in [1.807, 2.05) is 50.2 Å². The van der Waals surface area contributed by atoms with E-state index in [-0.39, 0.29) is 0 Å². The van der Waals surface area contributed by atoms with Crippen molar-refractivity contribution in [3.05, 3.63) is 88.4 Å². The van der Waals surface area contributed by atoms with Crippen molar-refractivity contribution in [1.82, 2.24) is 4.98 Å². The van der Waals surface area contributed by atoms with E-state index in [1.54, 1.807) is 41.7 Å². The molecular weight excluding hydrogens is 424 g/mol. The van der Waals surface area contributed by atoms with Crippen molar-refractivity contribution in [2.75, 3.05) is 12.0 Å². The number of hydrogen-bond acceptors (Lipinski definition) is 6. The zero-order chi connectivity index (χ0) is 22.7. The summed E-state index contributed by atoms with van der Waals surface area (Å²) in [6, 6.07) is 20.3. The maximum atomic E-state index is 13.2. The summed E-state index contributed by atoms with van der Waals surface area (Å²) in [4.78, 5) is 31.3. The van der Waals surface area contributed by atoms with E-state index in [9.17, 15) is 9.59 Å². The lowest BCUT2D eigenvalue weighted by molar-refractivity contribution is 0.0975. The number of aromatic nitrogens is 1. The summed E-state index contributed by atoms with van der Waals surface area (Å²) >= 11 is 1.59.